The lowest BCUT2D eigenvalue weighted by molar-refractivity contribution is -0.115. The molecular formula is C15H18N2O. The Balaban J connectivity index is 2.36. The van der Waals surface area contributed by atoms with Crippen LogP contribution in [0.4, 0.5) is 0 Å². The van der Waals surface area contributed by atoms with E-state index in [-0.39, 0.29) is 11.8 Å². The number of amides is 1. The highest BCUT2D eigenvalue weighted by Gasteiger charge is 2.21. The van der Waals surface area contributed by atoms with Crippen LogP contribution in [0.15, 0.2) is 28.9 Å². The standard InChI is InChI=1S/C15H18N2O/c1-9(2)14-16-13(15(18)17-14)8-12-6-5-10(3)7-11(12)4/h5-9H,1-4H3,(H,16,17,18)/b13-8-. The first-order chi connectivity index (χ1) is 8.47. The summed E-state index contributed by atoms with van der Waals surface area (Å²) in [5.74, 6) is 0.869. The van der Waals surface area contributed by atoms with Crippen LogP contribution in [0.3, 0.4) is 0 Å². The second-order valence-electron chi connectivity index (χ2n) is 5.00. The van der Waals surface area contributed by atoms with Crippen LogP contribution in [0.5, 0.6) is 0 Å². The van der Waals surface area contributed by atoms with E-state index < -0.39 is 0 Å². The third-order valence-electron chi connectivity index (χ3n) is 2.98. The van der Waals surface area contributed by atoms with Crippen LogP contribution in [0.2, 0.25) is 0 Å². The zero-order valence-electron chi connectivity index (χ0n) is 11.2. The monoisotopic (exact) mass is 242 g/mol. The number of aliphatic imine (C=N–C) groups is 1. The van der Waals surface area contributed by atoms with Crippen molar-refractivity contribution in [3.8, 4) is 0 Å². The Labute approximate surface area is 108 Å². The van der Waals surface area contributed by atoms with E-state index >= 15 is 0 Å². The fraction of sp³-hybridized carbons (Fsp3) is 0.333. The van der Waals surface area contributed by atoms with Gasteiger partial charge in [-0.25, -0.2) is 4.99 Å². The van der Waals surface area contributed by atoms with E-state index in [0.29, 0.717) is 5.70 Å². The molecule has 0 unspecified atom stereocenters. The first-order valence-corrected chi connectivity index (χ1v) is 6.16. The van der Waals surface area contributed by atoms with E-state index in [9.17, 15) is 4.79 Å². The first-order valence-electron chi connectivity index (χ1n) is 6.16. The third kappa shape index (κ3) is 2.50. The molecule has 1 N–H and O–H groups in total. The van der Waals surface area contributed by atoms with Crippen molar-refractivity contribution < 1.29 is 4.79 Å². The molecule has 1 aliphatic heterocycles. The fourth-order valence-electron chi connectivity index (χ4n) is 1.89. The Morgan fingerprint density at radius 3 is 2.56 bits per heavy atom. The van der Waals surface area contributed by atoms with Crippen molar-refractivity contribution in [2.24, 2.45) is 10.9 Å². The average molecular weight is 242 g/mol. The van der Waals surface area contributed by atoms with E-state index in [0.717, 1.165) is 17.0 Å². The Hall–Kier alpha value is -1.90. The van der Waals surface area contributed by atoms with E-state index in [2.05, 4.69) is 23.3 Å². The van der Waals surface area contributed by atoms with Gasteiger partial charge < -0.3 is 5.32 Å². The van der Waals surface area contributed by atoms with E-state index in [4.69, 9.17) is 0 Å². The Morgan fingerprint density at radius 2 is 2.00 bits per heavy atom. The van der Waals surface area contributed by atoms with Gasteiger partial charge in [-0.3, -0.25) is 4.79 Å². The molecule has 1 heterocycles. The third-order valence-corrected chi connectivity index (χ3v) is 2.98. The number of amidine groups is 1. The zero-order valence-corrected chi connectivity index (χ0v) is 11.2. The molecule has 0 saturated heterocycles. The molecule has 1 aromatic carbocycles. The van der Waals surface area contributed by atoms with Gasteiger partial charge >= 0.3 is 0 Å². The molecule has 0 spiro atoms. The SMILES string of the molecule is Cc1ccc(/C=C2\N=C(C(C)C)NC2=O)c(C)c1. The molecule has 0 radical (unpaired) electrons. The van der Waals surface area contributed by atoms with Crippen LogP contribution >= 0.6 is 0 Å². The van der Waals surface area contributed by atoms with Crippen molar-refractivity contribution in [2.45, 2.75) is 27.7 Å². The highest BCUT2D eigenvalue weighted by molar-refractivity contribution is 6.14. The molecule has 1 amide bonds. The van der Waals surface area contributed by atoms with Gasteiger partial charge in [0.2, 0.25) is 0 Å². The predicted molar refractivity (Wildman–Crippen MR) is 74.3 cm³/mol. The maximum absolute atomic E-state index is 11.8. The number of aryl methyl sites for hydroxylation is 2. The molecule has 3 heteroatoms. The van der Waals surface area contributed by atoms with Crippen molar-refractivity contribution in [1.29, 1.82) is 0 Å². The number of carbonyl (C=O) groups is 1. The minimum atomic E-state index is -0.112. The van der Waals surface area contributed by atoms with Gasteiger partial charge in [-0.1, -0.05) is 37.6 Å². The number of nitrogens with one attached hydrogen (secondary N) is 1. The summed E-state index contributed by atoms with van der Waals surface area (Å²) in [6.45, 7) is 8.12. The first kappa shape index (κ1) is 12.6. The number of hydrogen-bond donors (Lipinski definition) is 1. The molecular weight excluding hydrogens is 224 g/mol. The van der Waals surface area contributed by atoms with Gasteiger partial charge in [-0.15, -0.1) is 0 Å². The van der Waals surface area contributed by atoms with Crippen LogP contribution < -0.4 is 5.32 Å². The van der Waals surface area contributed by atoms with Crippen LogP contribution in [-0.2, 0) is 4.79 Å². The van der Waals surface area contributed by atoms with E-state index in [1.807, 2.05) is 39.0 Å². The minimum Gasteiger partial charge on any atom is -0.308 e. The van der Waals surface area contributed by atoms with Crippen LogP contribution in [-0.4, -0.2) is 11.7 Å². The summed E-state index contributed by atoms with van der Waals surface area (Å²) in [5, 5.41) is 2.80. The zero-order chi connectivity index (χ0) is 13.3. The van der Waals surface area contributed by atoms with E-state index in [1.165, 1.54) is 5.56 Å². The summed E-state index contributed by atoms with van der Waals surface area (Å²) in [7, 11) is 0. The summed E-state index contributed by atoms with van der Waals surface area (Å²) in [5.41, 5.74) is 3.91. The van der Waals surface area contributed by atoms with Gasteiger partial charge in [0.1, 0.15) is 11.5 Å². The normalized spacial score (nSPS) is 17.3. The topological polar surface area (TPSA) is 41.5 Å². The smallest absolute Gasteiger partial charge is 0.275 e. The number of rotatable bonds is 2. The second kappa shape index (κ2) is 4.77. The van der Waals surface area contributed by atoms with Crippen LogP contribution in [0.25, 0.3) is 6.08 Å². The fourth-order valence-corrected chi connectivity index (χ4v) is 1.89. The molecule has 3 nitrogen and oxygen atoms in total. The molecule has 1 aromatic rings. The lowest BCUT2D eigenvalue weighted by atomic mass is 10.0. The molecule has 0 fully saturated rings. The van der Waals surface area contributed by atoms with Crippen LogP contribution in [0, 0.1) is 19.8 Å². The van der Waals surface area contributed by atoms with Crippen molar-refractivity contribution in [1.82, 2.24) is 5.32 Å². The number of nitrogens with zero attached hydrogens (tertiary/aromatic N) is 1. The molecule has 0 saturated carbocycles. The molecule has 18 heavy (non-hydrogen) atoms. The molecule has 94 valence electrons. The van der Waals surface area contributed by atoms with Gasteiger partial charge in [-0.2, -0.15) is 0 Å². The van der Waals surface area contributed by atoms with E-state index in [1.54, 1.807) is 0 Å². The largest absolute Gasteiger partial charge is 0.308 e. The molecule has 0 aliphatic carbocycles. The lowest BCUT2D eigenvalue weighted by Gasteiger charge is -2.01. The predicted octanol–water partition coefficient (Wildman–Crippen LogP) is 2.83. The highest BCUT2D eigenvalue weighted by Crippen LogP contribution is 2.18. The number of benzene rings is 1. The summed E-state index contributed by atoms with van der Waals surface area (Å²) in [4.78, 5) is 16.1. The van der Waals surface area contributed by atoms with Gasteiger partial charge in [0.05, 0.1) is 0 Å². The molecule has 0 atom stereocenters. The minimum absolute atomic E-state index is 0.112. The summed E-state index contributed by atoms with van der Waals surface area (Å²) < 4.78 is 0. The van der Waals surface area contributed by atoms with Gasteiger partial charge in [-0.05, 0) is 31.1 Å². The molecule has 1 aliphatic rings. The Bertz CT molecular complexity index is 554. The summed E-state index contributed by atoms with van der Waals surface area (Å²) in [6.07, 6.45) is 1.85. The highest BCUT2D eigenvalue weighted by atomic mass is 16.2. The maximum atomic E-state index is 11.8. The second-order valence-corrected chi connectivity index (χ2v) is 5.00. The van der Waals surface area contributed by atoms with Gasteiger partial charge in [0.15, 0.2) is 0 Å². The average Bonchev–Trinajstić information content (AvgIpc) is 2.64. The summed E-state index contributed by atoms with van der Waals surface area (Å²) in [6, 6.07) is 6.17. The van der Waals surface area contributed by atoms with Crippen molar-refractivity contribution in [2.75, 3.05) is 0 Å². The number of hydrogen-bond acceptors (Lipinski definition) is 2. The van der Waals surface area contributed by atoms with Crippen LogP contribution in [0.1, 0.15) is 30.5 Å². The van der Waals surface area contributed by atoms with Crippen molar-refractivity contribution >= 4 is 17.8 Å². The van der Waals surface area contributed by atoms with Gasteiger partial charge in [0, 0.05) is 5.92 Å². The summed E-state index contributed by atoms with van der Waals surface area (Å²) >= 11 is 0. The molecule has 0 bridgehead atoms. The quantitative estimate of drug-likeness (QED) is 0.796. The maximum Gasteiger partial charge on any atom is 0.275 e. The molecule has 2 rings (SSSR count). The van der Waals surface area contributed by atoms with Crippen molar-refractivity contribution in [3.63, 3.8) is 0 Å². The Kier molecular flexibility index (Phi) is 3.32. The lowest BCUT2D eigenvalue weighted by Crippen LogP contribution is -2.27. The Morgan fingerprint density at radius 1 is 1.28 bits per heavy atom. The van der Waals surface area contributed by atoms with Crippen molar-refractivity contribution in [3.05, 3.63) is 40.6 Å². The van der Waals surface area contributed by atoms with Gasteiger partial charge in [0.25, 0.3) is 5.91 Å². The molecule has 0 aromatic heterocycles. The number of carbonyl (C=O) groups excluding carboxylic acids is 1.